The predicted octanol–water partition coefficient (Wildman–Crippen LogP) is 2.54. The maximum absolute atomic E-state index is 5.93. The minimum atomic E-state index is -0.183. The molecule has 0 amide bonds. The van der Waals surface area contributed by atoms with Crippen LogP contribution < -0.4 is 5.32 Å². The molecule has 90 valence electrons. The van der Waals surface area contributed by atoms with E-state index in [0.717, 1.165) is 31.0 Å². The molecule has 1 saturated heterocycles. The molecule has 0 aliphatic carbocycles. The lowest BCUT2D eigenvalue weighted by molar-refractivity contribution is -0.0812. The highest BCUT2D eigenvalue weighted by Gasteiger charge is 2.36. The Labute approximate surface area is 101 Å². The van der Waals surface area contributed by atoms with Crippen LogP contribution >= 0.6 is 11.3 Å². The molecule has 3 nitrogen and oxygen atoms in total. The molecule has 0 bridgehead atoms. The van der Waals surface area contributed by atoms with E-state index >= 15 is 0 Å². The summed E-state index contributed by atoms with van der Waals surface area (Å²) in [5.41, 5.74) is -0.183. The summed E-state index contributed by atoms with van der Waals surface area (Å²) in [4.78, 5) is 4.39. The molecular formula is C12H20N2OS. The van der Waals surface area contributed by atoms with Crippen molar-refractivity contribution >= 4 is 11.3 Å². The molecule has 1 aromatic heterocycles. The van der Waals surface area contributed by atoms with Gasteiger partial charge >= 0.3 is 0 Å². The maximum atomic E-state index is 5.93. The largest absolute Gasteiger partial charge is 0.368 e. The average molecular weight is 240 g/mol. The van der Waals surface area contributed by atoms with Crippen LogP contribution in [0, 0.1) is 0 Å². The monoisotopic (exact) mass is 240 g/mol. The molecule has 2 rings (SSSR count). The molecule has 2 heterocycles. The fraction of sp³-hybridized carbons (Fsp3) is 0.750. The number of thiazole rings is 1. The number of nitrogens with zero attached hydrogens (tertiary/aromatic N) is 1. The van der Waals surface area contributed by atoms with Crippen molar-refractivity contribution in [1.82, 2.24) is 10.3 Å². The van der Waals surface area contributed by atoms with E-state index in [0.29, 0.717) is 6.04 Å². The van der Waals surface area contributed by atoms with Gasteiger partial charge in [0.1, 0.15) is 10.6 Å². The van der Waals surface area contributed by atoms with E-state index < -0.39 is 0 Å². The van der Waals surface area contributed by atoms with E-state index in [1.807, 2.05) is 11.6 Å². The molecule has 0 aromatic carbocycles. The average Bonchev–Trinajstić information content (AvgIpc) is 2.80. The summed E-state index contributed by atoms with van der Waals surface area (Å²) in [5, 5.41) is 6.71. The molecule has 4 heteroatoms. The molecule has 2 unspecified atom stereocenters. The van der Waals surface area contributed by atoms with Gasteiger partial charge in [0, 0.05) is 24.2 Å². The first-order valence-electron chi connectivity index (χ1n) is 6.02. The fourth-order valence-corrected chi connectivity index (χ4v) is 2.98. The minimum Gasteiger partial charge on any atom is -0.368 e. The van der Waals surface area contributed by atoms with E-state index in [1.54, 1.807) is 11.3 Å². The summed E-state index contributed by atoms with van der Waals surface area (Å²) in [5.74, 6) is 0. The second-order valence-electron chi connectivity index (χ2n) is 4.56. The SMILES string of the molecule is CCCNC1CCOC(C)(c2nccs2)C1. The van der Waals surface area contributed by atoms with Crippen molar-refractivity contribution in [2.75, 3.05) is 13.2 Å². The van der Waals surface area contributed by atoms with Gasteiger partial charge < -0.3 is 10.1 Å². The lowest BCUT2D eigenvalue weighted by atomic mass is 9.92. The van der Waals surface area contributed by atoms with Gasteiger partial charge in [0.05, 0.1) is 0 Å². The van der Waals surface area contributed by atoms with E-state index in [9.17, 15) is 0 Å². The normalized spacial score (nSPS) is 30.5. The Balaban J connectivity index is 2.00. The van der Waals surface area contributed by atoms with Crippen molar-refractivity contribution in [1.29, 1.82) is 0 Å². The second kappa shape index (κ2) is 5.25. The van der Waals surface area contributed by atoms with Gasteiger partial charge in [-0.1, -0.05) is 6.92 Å². The van der Waals surface area contributed by atoms with Crippen LogP contribution in [0.4, 0.5) is 0 Å². The second-order valence-corrected chi connectivity index (χ2v) is 5.45. The van der Waals surface area contributed by atoms with Crippen LogP contribution in [0.15, 0.2) is 11.6 Å². The van der Waals surface area contributed by atoms with E-state index in [1.165, 1.54) is 6.42 Å². The Morgan fingerprint density at radius 1 is 1.69 bits per heavy atom. The van der Waals surface area contributed by atoms with Gasteiger partial charge in [0.15, 0.2) is 0 Å². The van der Waals surface area contributed by atoms with Gasteiger partial charge in [-0.3, -0.25) is 0 Å². The number of ether oxygens (including phenoxy) is 1. The van der Waals surface area contributed by atoms with Gasteiger partial charge in [-0.15, -0.1) is 11.3 Å². The van der Waals surface area contributed by atoms with Gasteiger partial charge in [0.2, 0.25) is 0 Å². The molecule has 1 aromatic rings. The molecule has 1 aliphatic rings. The Morgan fingerprint density at radius 2 is 2.56 bits per heavy atom. The Bertz CT molecular complexity index is 315. The van der Waals surface area contributed by atoms with Crippen molar-refractivity contribution in [2.24, 2.45) is 0 Å². The first kappa shape index (κ1) is 12.0. The van der Waals surface area contributed by atoms with Crippen molar-refractivity contribution < 1.29 is 4.74 Å². The standard InChI is InChI=1S/C12H20N2OS/c1-3-5-13-10-4-7-15-12(2,9-10)11-14-6-8-16-11/h6,8,10,13H,3-5,7,9H2,1-2H3. The summed E-state index contributed by atoms with van der Waals surface area (Å²) < 4.78 is 5.93. The Hall–Kier alpha value is -0.450. The lowest BCUT2D eigenvalue weighted by Crippen LogP contribution is -2.43. The van der Waals surface area contributed by atoms with Crippen molar-refractivity contribution in [2.45, 2.75) is 44.8 Å². The van der Waals surface area contributed by atoms with Gasteiger partial charge in [0.25, 0.3) is 0 Å². The van der Waals surface area contributed by atoms with Gasteiger partial charge in [-0.25, -0.2) is 4.98 Å². The molecule has 1 aliphatic heterocycles. The zero-order valence-electron chi connectivity index (χ0n) is 10.0. The lowest BCUT2D eigenvalue weighted by Gasteiger charge is -2.37. The third kappa shape index (κ3) is 2.62. The summed E-state index contributed by atoms with van der Waals surface area (Å²) in [6.45, 7) is 6.29. The van der Waals surface area contributed by atoms with Crippen LogP contribution in [0.2, 0.25) is 0 Å². The summed E-state index contributed by atoms with van der Waals surface area (Å²) >= 11 is 1.69. The summed E-state index contributed by atoms with van der Waals surface area (Å²) in [6, 6.07) is 0.572. The van der Waals surface area contributed by atoms with Crippen molar-refractivity contribution in [3.63, 3.8) is 0 Å². The zero-order chi connectivity index (χ0) is 11.4. The van der Waals surface area contributed by atoms with E-state index in [4.69, 9.17) is 4.74 Å². The van der Waals surface area contributed by atoms with E-state index in [2.05, 4.69) is 24.1 Å². The third-order valence-corrected chi connectivity index (χ3v) is 4.11. The number of rotatable bonds is 4. The molecular weight excluding hydrogens is 220 g/mol. The molecule has 2 atom stereocenters. The number of hydrogen-bond donors (Lipinski definition) is 1. The molecule has 1 N–H and O–H groups in total. The van der Waals surface area contributed by atoms with Crippen LogP contribution in [0.1, 0.15) is 38.1 Å². The first-order valence-corrected chi connectivity index (χ1v) is 6.90. The number of aromatic nitrogens is 1. The van der Waals surface area contributed by atoms with Crippen molar-refractivity contribution in [3.8, 4) is 0 Å². The minimum absolute atomic E-state index is 0.183. The smallest absolute Gasteiger partial charge is 0.124 e. The van der Waals surface area contributed by atoms with Crippen molar-refractivity contribution in [3.05, 3.63) is 16.6 Å². The topological polar surface area (TPSA) is 34.1 Å². The molecule has 1 fully saturated rings. The first-order chi connectivity index (χ1) is 7.74. The molecule has 0 radical (unpaired) electrons. The van der Waals surface area contributed by atoms with Crippen LogP contribution in [0.5, 0.6) is 0 Å². The molecule has 16 heavy (non-hydrogen) atoms. The van der Waals surface area contributed by atoms with Crippen LogP contribution in [-0.2, 0) is 10.3 Å². The fourth-order valence-electron chi connectivity index (χ4n) is 2.21. The quantitative estimate of drug-likeness (QED) is 0.878. The third-order valence-electron chi connectivity index (χ3n) is 3.09. The highest BCUT2D eigenvalue weighted by Crippen LogP contribution is 2.35. The highest BCUT2D eigenvalue weighted by atomic mass is 32.1. The van der Waals surface area contributed by atoms with Crippen LogP contribution in [0.3, 0.4) is 0 Å². The molecule has 0 saturated carbocycles. The van der Waals surface area contributed by atoms with E-state index in [-0.39, 0.29) is 5.60 Å². The summed E-state index contributed by atoms with van der Waals surface area (Å²) in [7, 11) is 0. The Kier molecular flexibility index (Phi) is 3.95. The maximum Gasteiger partial charge on any atom is 0.124 e. The van der Waals surface area contributed by atoms with Gasteiger partial charge in [-0.2, -0.15) is 0 Å². The predicted molar refractivity (Wildman–Crippen MR) is 66.7 cm³/mol. The number of hydrogen-bond acceptors (Lipinski definition) is 4. The Morgan fingerprint density at radius 3 is 3.25 bits per heavy atom. The zero-order valence-corrected chi connectivity index (χ0v) is 10.8. The number of nitrogens with one attached hydrogen (secondary N) is 1. The van der Waals surface area contributed by atoms with Crippen LogP contribution in [0.25, 0.3) is 0 Å². The molecule has 0 spiro atoms. The summed E-state index contributed by atoms with van der Waals surface area (Å²) in [6.07, 6.45) is 5.19. The van der Waals surface area contributed by atoms with Crippen LogP contribution in [-0.4, -0.2) is 24.2 Å². The van der Waals surface area contributed by atoms with Gasteiger partial charge in [-0.05, 0) is 32.7 Å². The highest BCUT2D eigenvalue weighted by molar-refractivity contribution is 7.09.